The maximum Gasteiger partial charge on any atom is 0.264 e. The van der Waals surface area contributed by atoms with E-state index in [4.69, 9.17) is 11.6 Å². The molecule has 38 heavy (non-hydrogen) atoms. The molecule has 3 rings (SSSR count). The zero-order valence-electron chi connectivity index (χ0n) is 21.3. The Morgan fingerprint density at radius 3 is 2.18 bits per heavy atom. The number of carbonyl (C=O) groups is 2. The van der Waals surface area contributed by atoms with E-state index in [0.29, 0.717) is 19.4 Å². The molecular formula is C28H31ClFN3O4S. The predicted octanol–water partition coefficient (Wildman–Crippen LogP) is 4.66. The van der Waals surface area contributed by atoms with Gasteiger partial charge in [0.25, 0.3) is 10.0 Å². The Labute approximate surface area is 228 Å². The molecule has 0 aliphatic carbocycles. The van der Waals surface area contributed by atoms with Gasteiger partial charge in [-0.1, -0.05) is 67.1 Å². The van der Waals surface area contributed by atoms with E-state index in [9.17, 15) is 22.4 Å². The van der Waals surface area contributed by atoms with Crippen molar-refractivity contribution in [3.63, 3.8) is 0 Å². The lowest BCUT2D eigenvalue weighted by Gasteiger charge is -2.33. The SMILES string of the molecule is CCNC(=O)[C@H](CC)N(CCc1ccccc1)C(=O)CN(c1ccc(F)c(Cl)c1)S(=O)(=O)c1ccccc1. The van der Waals surface area contributed by atoms with Crippen LogP contribution in [0.5, 0.6) is 0 Å². The largest absolute Gasteiger partial charge is 0.355 e. The third kappa shape index (κ3) is 7.11. The highest BCUT2D eigenvalue weighted by Gasteiger charge is 2.33. The van der Waals surface area contributed by atoms with Crippen LogP contribution >= 0.6 is 11.6 Å². The third-order valence-electron chi connectivity index (χ3n) is 6.02. The number of carbonyl (C=O) groups excluding carboxylic acids is 2. The molecule has 0 aliphatic rings. The van der Waals surface area contributed by atoms with Crippen LogP contribution in [0.4, 0.5) is 10.1 Å². The fourth-order valence-electron chi connectivity index (χ4n) is 4.08. The molecule has 0 heterocycles. The van der Waals surface area contributed by atoms with Crippen molar-refractivity contribution in [1.29, 1.82) is 0 Å². The number of likely N-dealkylation sites (N-methyl/N-ethyl adjacent to an activating group) is 1. The molecule has 0 bridgehead atoms. The molecule has 10 heteroatoms. The molecule has 0 unspecified atom stereocenters. The van der Waals surface area contributed by atoms with Crippen LogP contribution in [-0.4, -0.2) is 50.8 Å². The lowest BCUT2D eigenvalue weighted by Crippen LogP contribution is -2.53. The van der Waals surface area contributed by atoms with Crippen molar-refractivity contribution >= 4 is 39.1 Å². The monoisotopic (exact) mass is 559 g/mol. The Morgan fingerprint density at radius 2 is 1.61 bits per heavy atom. The minimum atomic E-state index is -4.24. The zero-order chi connectivity index (χ0) is 27.7. The normalized spacial score (nSPS) is 12.0. The molecule has 3 aromatic carbocycles. The first-order valence-electron chi connectivity index (χ1n) is 12.3. The van der Waals surface area contributed by atoms with Gasteiger partial charge in [-0.3, -0.25) is 13.9 Å². The maximum absolute atomic E-state index is 13.9. The van der Waals surface area contributed by atoms with Crippen molar-refractivity contribution in [3.05, 3.63) is 95.3 Å². The number of anilines is 1. The predicted molar refractivity (Wildman–Crippen MR) is 147 cm³/mol. The summed E-state index contributed by atoms with van der Waals surface area (Å²) in [5.41, 5.74) is 0.998. The van der Waals surface area contributed by atoms with Gasteiger partial charge >= 0.3 is 0 Å². The Bertz CT molecular complexity index is 1340. The standard InChI is InChI=1S/C28H31ClFN3O4S/c1-3-26(28(35)31-4-2)32(18-17-21-11-7-5-8-12-21)27(34)20-33(22-15-16-25(30)24(29)19-22)38(36,37)23-13-9-6-10-14-23/h5-16,19,26H,3-4,17-18,20H2,1-2H3,(H,31,35)/t26-/m0/s1. The highest BCUT2D eigenvalue weighted by atomic mass is 35.5. The summed E-state index contributed by atoms with van der Waals surface area (Å²) in [5, 5.41) is 2.48. The highest BCUT2D eigenvalue weighted by Crippen LogP contribution is 2.28. The summed E-state index contributed by atoms with van der Waals surface area (Å²) in [6.45, 7) is 3.55. The molecule has 0 saturated carbocycles. The highest BCUT2D eigenvalue weighted by molar-refractivity contribution is 7.92. The van der Waals surface area contributed by atoms with Gasteiger partial charge in [0.15, 0.2) is 0 Å². The van der Waals surface area contributed by atoms with Crippen LogP contribution in [0.15, 0.2) is 83.8 Å². The summed E-state index contributed by atoms with van der Waals surface area (Å²) in [7, 11) is -4.24. The van der Waals surface area contributed by atoms with Gasteiger partial charge in [0.1, 0.15) is 18.4 Å². The van der Waals surface area contributed by atoms with E-state index in [-0.39, 0.29) is 28.1 Å². The molecule has 7 nitrogen and oxygen atoms in total. The third-order valence-corrected chi connectivity index (χ3v) is 8.10. The molecule has 1 N–H and O–H groups in total. The van der Waals surface area contributed by atoms with Crippen LogP contribution in [0, 0.1) is 5.82 Å². The van der Waals surface area contributed by atoms with Gasteiger partial charge in [0.2, 0.25) is 11.8 Å². The Hall–Kier alpha value is -3.43. The molecule has 0 radical (unpaired) electrons. The van der Waals surface area contributed by atoms with Crippen LogP contribution in [0.2, 0.25) is 5.02 Å². The topological polar surface area (TPSA) is 86.8 Å². The van der Waals surface area contributed by atoms with E-state index >= 15 is 0 Å². The summed E-state index contributed by atoms with van der Waals surface area (Å²) >= 11 is 5.98. The van der Waals surface area contributed by atoms with Crippen molar-refractivity contribution in [2.45, 2.75) is 37.6 Å². The summed E-state index contributed by atoms with van der Waals surface area (Å²) in [5.74, 6) is -1.61. The van der Waals surface area contributed by atoms with Crippen LogP contribution in [0.1, 0.15) is 25.8 Å². The van der Waals surface area contributed by atoms with Gasteiger partial charge in [0.05, 0.1) is 15.6 Å². The smallest absolute Gasteiger partial charge is 0.264 e. The molecular weight excluding hydrogens is 529 g/mol. The number of sulfonamides is 1. The van der Waals surface area contributed by atoms with E-state index in [1.54, 1.807) is 32.0 Å². The van der Waals surface area contributed by atoms with E-state index in [2.05, 4.69) is 5.32 Å². The Balaban J connectivity index is 2.01. The number of halogens is 2. The van der Waals surface area contributed by atoms with Crippen LogP contribution in [-0.2, 0) is 26.0 Å². The summed E-state index contributed by atoms with van der Waals surface area (Å²) in [4.78, 5) is 28.1. The van der Waals surface area contributed by atoms with Gasteiger partial charge in [-0.15, -0.1) is 0 Å². The maximum atomic E-state index is 13.9. The van der Waals surface area contributed by atoms with Crippen molar-refractivity contribution < 1.29 is 22.4 Å². The first-order chi connectivity index (χ1) is 18.2. The number of hydrogen-bond donors (Lipinski definition) is 1. The van der Waals surface area contributed by atoms with Crippen molar-refractivity contribution in [1.82, 2.24) is 10.2 Å². The second-order valence-corrected chi connectivity index (χ2v) is 10.8. The van der Waals surface area contributed by atoms with Crippen LogP contribution in [0.3, 0.4) is 0 Å². The van der Waals surface area contributed by atoms with Gasteiger partial charge in [-0.2, -0.15) is 0 Å². The second kappa shape index (κ2) is 13.4. The molecule has 0 spiro atoms. The number of rotatable bonds is 12. The van der Waals surface area contributed by atoms with E-state index in [1.165, 1.54) is 29.2 Å². The van der Waals surface area contributed by atoms with Crippen molar-refractivity contribution in [2.75, 3.05) is 23.9 Å². The summed E-state index contributed by atoms with van der Waals surface area (Å²) in [6, 6.07) is 19.8. The summed E-state index contributed by atoms with van der Waals surface area (Å²) < 4.78 is 42.2. The molecule has 0 aliphatic heterocycles. The van der Waals surface area contributed by atoms with Gasteiger partial charge in [-0.05, 0) is 55.7 Å². The van der Waals surface area contributed by atoms with Crippen LogP contribution < -0.4 is 9.62 Å². The Kier molecular flexibility index (Phi) is 10.3. The minimum Gasteiger partial charge on any atom is -0.355 e. The molecule has 2 amide bonds. The molecule has 0 aromatic heterocycles. The van der Waals surface area contributed by atoms with Gasteiger partial charge in [0, 0.05) is 13.1 Å². The fourth-order valence-corrected chi connectivity index (χ4v) is 5.68. The number of nitrogens with one attached hydrogen (secondary N) is 1. The van der Waals surface area contributed by atoms with Crippen molar-refractivity contribution in [2.24, 2.45) is 0 Å². The van der Waals surface area contributed by atoms with Gasteiger partial charge in [-0.25, -0.2) is 12.8 Å². The van der Waals surface area contributed by atoms with E-state index < -0.39 is 34.3 Å². The zero-order valence-corrected chi connectivity index (χ0v) is 22.9. The Morgan fingerprint density at radius 1 is 0.974 bits per heavy atom. The van der Waals surface area contributed by atoms with E-state index in [1.807, 2.05) is 30.3 Å². The number of benzene rings is 3. The molecule has 202 valence electrons. The minimum absolute atomic E-state index is 0.0303. The average Bonchev–Trinajstić information content (AvgIpc) is 2.92. The van der Waals surface area contributed by atoms with Gasteiger partial charge < -0.3 is 10.2 Å². The molecule has 1 atom stereocenters. The fraction of sp³-hybridized carbons (Fsp3) is 0.286. The van der Waals surface area contributed by atoms with Crippen LogP contribution in [0.25, 0.3) is 0 Å². The quantitative estimate of drug-likeness (QED) is 0.350. The van der Waals surface area contributed by atoms with E-state index in [0.717, 1.165) is 15.9 Å². The molecule has 0 saturated heterocycles. The summed E-state index contributed by atoms with van der Waals surface area (Å²) in [6.07, 6.45) is 0.802. The first kappa shape index (κ1) is 29.1. The first-order valence-corrected chi connectivity index (χ1v) is 14.1. The van der Waals surface area contributed by atoms with Crippen molar-refractivity contribution in [3.8, 4) is 0 Å². The molecule has 3 aromatic rings. The lowest BCUT2D eigenvalue weighted by atomic mass is 10.1. The second-order valence-electron chi connectivity index (χ2n) is 8.56. The number of amides is 2. The molecule has 0 fully saturated rings. The lowest BCUT2D eigenvalue weighted by molar-refractivity contribution is -0.139. The number of nitrogens with zero attached hydrogens (tertiary/aromatic N) is 2. The average molecular weight is 560 g/mol. The number of hydrogen-bond acceptors (Lipinski definition) is 4.